The summed E-state index contributed by atoms with van der Waals surface area (Å²) in [5, 5.41) is 0.256. The monoisotopic (exact) mass is 298 g/mol. The van der Waals surface area contributed by atoms with Crippen molar-refractivity contribution in [2.75, 3.05) is 0 Å². The third-order valence-electron chi connectivity index (χ3n) is 1.25. The van der Waals surface area contributed by atoms with Crippen molar-refractivity contribution in [1.82, 2.24) is 0 Å². The van der Waals surface area contributed by atoms with Crippen molar-refractivity contribution in [3.63, 3.8) is 0 Å². The molecule has 76 valence electrons. The Balaban J connectivity index is 0. The van der Waals surface area contributed by atoms with Crippen molar-refractivity contribution < 1.29 is 35.7 Å². The Morgan fingerprint density at radius 2 is 1.17 bits per heavy atom. The molecule has 0 amide bonds. The Morgan fingerprint density at radius 3 is 1.17 bits per heavy atom. The summed E-state index contributed by atoms with van der Waals surface area (Å²) < 4.78 is 0. The van der Waals surface area contributed by atoms with Crippen molar-refractivity contribution >= 4 is 16.8 Å². The molecule has 0 aromatic rings. The maximum absolute atomic E-state index is 9.05. The van der Waals surface area contributed by atoms with E-state index in [9.17, 15) is 0 Å². The van der Waals surface area contributed by atoms with Crippen molar-refractivity contribution in [1.29, 1.82) is 0 Å². The standard InChI is InChI=1S/C6H17O3PS.Mo/c1-5(2)11(6(3)4)10(7,8)9;/h5-9H,1-4H3;. The van der Waals surface area contributed by atoms with Crippen molar-refractivity contribution in [3.05, 3.63) is 0 Å². The number of hydrogen-bond donors (Lipinski definition) is 3. The molecule has 0 aliphatic heterocycles. The van der Waals surface area contributed by atoms with Crippen LogP contribution in [0, 0.1) is 0 Å². The topological polar surface area (TPSA) is 60.7 Å². The van der Waals surface area contributed by atoms with Crippen LogP contribution in [0.4, 0.5) is 0 Å². The van der Waals surface area contributed by atoms with E-state index in [1.54, 1.807) is 0 Å². The van der Waals surface area contributed by atoms with Crippen LogP contribution in [0.15, 0.2) is 0 Å². The second-order valence-corrected chi connectivity index (χ2v) is 9.30. The fraction of sp³-hybridized carbons (Fsp3) is 1.00. The molecule has 0 aliphatic rings. The van der Waals surface area contributed by atoms with Gasteiger partial charge in [0.25, 0.3) is 6.72 Å². The van der Waals surface area contributed by atoms with Gasteiger partial charge in [0, 0.05) is 31.6 Å². The van der Waals surface area contributed by atoms with E-state index in [1.165, 1.54) is 0 Å². The van der Waals surface area contributed by atoms with E-state index >= 15 is 0 Å². The summed E-state index contributed by atoms with van der Waals surface area (Å²) in [6.45, 7) is 3.95. The average Bonchev–Trinajstić information content (AvgIpc) is 1.54. The van der Waals surface area contributed by atoms with Crippen LogP contribution in [0.2, 0.25) is 0 Å². The van der Waals surface area contributed by atoms with E-state index < -0.39 is 16.8 Å². The van der Waals surface area contributed by atoms with Gasteiger partial charge in [0.2, 0.25) is 0 Å². The molecule has 0 rings (SSSR count). The molecule has 0 bridgehead atoms. The summed E-state index contributed by atoms with van der Waals surface area (Å²) in [4.78, 5) is 27.2. The normalized spacial score (nSPS) is 12.5. The second-order valence-electron chi connectivity index (χ2n) is 2.96. The van der Waals surface area contributed by atoms with Crippen LogP contribution in [-0.2, 0) is 31.1 Å². The molecule has 12 heavy (non-hydrogen) atoms. The summed E-state index contributed by atoms with van der Waals surface area (Å²) in [7, 11) is -0.667. The zero-order valence-electron chi connectivity index (χ0n) is 7.76. The Hall–Kier alpha value is 1.35. The van der Waals surface area contributed by atoms with E-state index in [1.807, 2.05) is 27.7 Å². The molecule has 0 aromatic carbocycles. The fourth-order valence-electron chi connectivity index (χ4n) is 1.11. The molecule has 0 aromatic heterocycles. The van der Waals surface area contributed by atoms with Gasteiger partial charge in [-0.15, -0.1) is 10.1 Å². The van der Waals surface area contributed by atoms with Crippen LogP contribution in [0.1, 0.15) is 27.7 Å². The molecule has 0 unspecified atom stereocenters. The average molecular weight is 296 g/mol. The molecule has 0 fully saturated rings. The smallest absolute Gasteiger partial charge is 0.277 e. The summed E-state index contributed by atoms with van der Waals surface area (Å²) >= 11 is 0. The van der Waals surface area contributed by atoms with Gasteiger partial charge in [-0.25, -0.2) is 0 Å². The second kappa shape index (κ2) is 5.95. The number of rotatable bonds is 2. The van der Waals surface area contributed by atoms with Crippen LogP contribution in [-0.4, -0.2) is 25.2 Å². The fourth-order valence-corrected chi connectivity index (χ4v) is 6.72. The summed E-state index contributed by atoms with van der Waals surface area (Å²) in [6.07, 6.45) is 0. The minimum atomic E-state index is -3.61. The molecule has 0 saturated heterocycles. The molecule has 3 N–H and O–H groups in total. The largest absolute Gasteiger partial charge is 0.329 e. The molecule has 6 heteroatoms. The van der Waals surface area contributed by atoms with Gasteiger partial charge in [-0.05, 0) is 0 Å². The van der Waals surface area contributed by atoms with Gasteiger partial charge in [-0.1, -0.05) is 27.7 Å². The van der Waals surface area contributed by atoms with Crippen molar-refractivity contribution in [3.8, 4) is 0 Å². The Morgan fingerprint density at radius 1 is 0.917 bits per heavy atom. The van der Waals surface area contributed by atoms with Gasteiger partial charge in [-0.3, -0.25) is 0 Å². The molecule has 0 atom stereocenters. The van der Waals surface area contributed by atoms with E-state index in [0.29, 0.717) is 0 Å². The molecule has 0 spiro atoms. The van der Waals surface area contributed by atoms with Gasteiger partial charge >= 0.3 is 0 Å². The summed E-state index contributed by atoms with van der Waals surface area (Å²) in [6, 6.07) is 0. The maximum atomic E-state index is 9.05. The SMILES string of the molecule is CC(C)S(C(C)C)=P(O)(O)O.[Mo]. The molecule has 0 saturated carbocycles. The first-order chi connectivity index (χ1) is 4.76. The third-order valence-corrected chi connectivity index (χ3v) is 7.97. The van der Waals surface area contributed by atoms with Crippen molar-refractivity contribution in [2.45, 2.75) is 38.2 Å². The predicted octanol–water partition coefficient (Wildman–Crippen LogP) is 1.07. The zero-order chi connectivity index (χ0) is 9.23. The quantitative estimate of drug-likeness (QED) is 0.528. The maximum Gasteiger partial charge on any atom is 0.277 e. The first-order valence-electron chi connectivity index (χ1n) is 3.56. The van der Waals surface area contributed by atoms with E-state index in [-0.39, 0.29) is 31.6 Å². The molecular weight excluding hydrogens is 279 g/mol. The Bertz CT molecular complexity index is 169. The van der Waals surface area contributed by atoms with E-state index in [2.05, 4.69) is 0 Å². The molecule has 0 radical (unpaired) electrons. The van der Waals surface area contributed by atoms with Gasteiger partial charge < -0.3 is 14.7 Å². The summed E-state index contributed by atoms with van der Waals surface area (Å²) in [5.41, 5.74) is 0. The van der Waals surface area contributed by atoms with Crippen molar-refractivity contribution in [2.24, 2.45) is 0 Å². The summed E-state index contributed by atoms with van der Waals surface area (Å²) in [5.74, 6) is 0. The van der Waals surface area contributed by atoms with Crippen LogP contribution in [0.3, 0.4) is 0 Å². The molecular formula is C6H17MoO3PS. The molecule has 0 heterocycles. The van der Waals surface area contributed by atoms with Crippen LogP contribution in [0.25, 0.3) is 0 Å². The van der Waals surface area contributed by atoms with Gasteiger partial charge in [0.15, 0.2) is 0 Å². The predicted molar refractivity (Wildman–Crippen MR) is 51.2 cm³/mol. The molecule has 3 nitrogen and oxygen atoms in total. The zero-order valence-corrected chi connectivity index (χ0v) is 11.5. The number of hydrogen-bond acceptors (Lipinski definition) is 0. The third kappa shape index (κ3) is 5.16. The van der Waals surface area contributed by atoms with E-state index in [4.69, 9.17) is 14.7 Å². The van der Waals surface area contributed by atoms with Crippen LogP contribution >= 0.6 is 6.72 Å². The first kappa shape index (κ1) is 15.8. The van der Waals surface area contributed by atoms with Gasteiger partial charge in [-0.2, -0.15) is 0 Å². The minimum Gasteiger partial charge on any atom is -0.329 e. The van der Waals surface area contributed by atoms with Crippen LogP contribution < -0.4 is 0 Å². The van der Waals surface area contributed by atoms with Gasteiger partial charge in [0.1, 0.15) is 0 Å². The first-order valence-corrected chi connectivity index (χ1v) is 7.17. The minimum absolute atomic E-state index is 0. The van der Waals surface area contributed by atoms with Gasteiger partial charge in [0.05, 0.1) is 0 Å². The molecule has 0 aliphatic carbocycles. The Kier molecular flexibility index (Phi) is 7.84. The Labute approximate surface area is 90.7 Å². The van der Waals surface area contributed by atoms with E-state index in [0.717, 1.165) is 0 Å². The van der Waals surface area contributed by atoms with Crippen LogP contribution in [0.5, 0.6) is 0 Å².